The lowest BCUT2D eigenvalue weighted by Crippen LogP contribution is -2.35. The predicted molar refractivity (Wildman–Crippen MR) is 148 cm³/mol. The third-order valence-electron chi connectivity index (χ3n) is 7.50. The Balaban J connectivity index is 1.41. The summed E-state index contributed by atoms with van der Waals surface area (Å²) in [5.74, 6) is 0.566. The van der Waals surface area contributed by atoms with Crippen molar-refractivity contribution < 1.29 is 22.3 Å². The van der Waals surface area contributed by atoms with Crippen molar-refractivity contribution in [1.82, 2.24) is 34.4 Å². The van der Waals surface area contributed by atoms with Crippen molar-refractivity contribution in [2.75, 3.05) is 11.4 Å². The fraction of sp³-hybridized carbons (Fsp3) is 0.308. The van der Waals surface area contributed by atoms with Gasteiger partial charge >= 0.3 is 0 Å². The van der Waals surface area contributed by atoms with Crippen molar-refractivity contribution >= 4 is 49.1 Å². The van der Waals surface area contributed by atoms with Gasteiger partial charge in [-0.3, -0.25) is 9.55 Å². The lowest BCUT2D eigenvalue weighted by atomic mass is 10.0. The average molecular weight is 610 g/mol. The maximum Gasteiger partial charge on any atom is 0.291 e. The minimum atomic E-state index is -4.08. The van der Waals surface area contributed by atoms with Crippen molar-refractivity contribution in [2.24, 2.45) is 0 Å². The number of aliphatic hydroxyl groups excluding tert-OH is 1. The Morgan fingerprint density at radius 3 is 2.74 bits per heavy atom. The number of fused-ring (bicyclic) bond motifs is 4. The second-order valence-electron chi connectivity index (χ2n) is 10.2. The van der Waals surface area contributed by atoms with Crippen LogP contribution < -0.4 is 9.62 Å². The number of hydrogen-bond donors (Lipinski definition) is 2. The molecule has 214 valence electrons. The van der Waals surface area contributed by atoms with Gasteiger partial charge in [0.15, 0.2) is 10.7 Å². The monoisotopic (exact) mass is 609 g/mol. The summed E-state index contributed by atoms with van der Waals surface area (Å²) in [7, 11) is -4.08. The topological polar surface area (TPSA) is 163 Å². The number of hydrogen-bond acceptors (Lipinski definition) is 11. The van der Waals surface area contributed by atoms with E-state index in [0.717, 1.165) is 16.8 Å². The number of rotatable bonds is 7. The highest BCUT2D eigenvalue weighted by molar-refractivity contribution is 7.89. The summed E-state index contributed by atoms with van der Waals surface area (Å²) in [5, 5.41) is 27.3. The number of pyridine rings is 1. The fourth-order valence-electron chi connectivity index (χ4n) is 5.21. The first-order valence-electron chi connectivity index (χ1n) is 12.9. The molecule has 5 heterocycles. The van der Waals surface area contributed by atoms with Gasteiger partial charge in [-0.05, 0) is 42.5 Å². The Hall–Kier alpha value is -4.17. The number of aromatic nitrogens is 6. The molecule has 2 aliphatic rings. The normalized spacial score (nSPS) is 16.2. The van der Waals surface area contributed by atoms with Crippen LogP contribution in [-0.4, -0.2) is 55.3 Å². The Kier molecular flexibility index (Phi) is 6.17. The summed E-state index contributed by atoms with van der Waals surface area (Å²) >= 11 is 0.679. The summed E-state index contributed by atoms with van der Waals surface area (Å²) < 4.78 is 57.5. The van der Waals surface area contributed by atoms with E-state index in [0.29, 0.717) is 71.4 Å². The predicted octanol–water partition coefficient (Wildman–Crippen LogP) is 3.15. The van der Waals surface area contributed by atoms with Gasteiger partial charge in [0.05, 0.1) is 40.7 Å². The standard InChI is InChI=1S/C26H21F2N9O3S2/c27-21(28)24-33-34-25(41-24)37-19-8-16(42(39,40)35-26(12-29)4-5-26)1-2-17(19)20-22(31-13-32-23(20)37)36-6-3-15-7-14(11-38)9-30-18(15)10-36/h1-2,7-9,13,21,35,38H,3-6,10-11H2. The number of alkyl halides is 2. The van der Waals surface area contributed by atoms with Crippen LogP contribution >= 0.6 is 11.3 Å². The highest BCUT2D eigenvalue weighted by Gasteiger charge is 2.47. The molecule has 1 aliphatic heterocycles. The minimum absolute atomic E-state index is 0.0929. The number of anilines is 1. The quantitative estimate of drug-likeness (QED) is 0.280. The SMILES string of the molecule is N#CC1(NS(=O)(=O)c2ccc3c4c(N5CCc6cc(CO)cnc6C5)ncnc4n(-c4nnc(C(F)F)s4)c3c2)CC1. The zero-order chi connectivity index (χ0) is 29.2. The molecule has 0 radical (unpaired) electrons. The molecule has 12 nitrogen and oxygen atoms in total. The number of benzene rings is 1. The maximum atomic E-state index is 13.5. The van der Waals surface area contributed by atoms with E-state index >= 15 is 0 Å². The van der Waals surface area contributed by atoms with E-state index in [9.17, 15) is 27.6 Å². The van der Waals surface area contributed by atoms with Gasteiger partial charge in [-0.25, -0.2) is 27.2 Å². The van der Waals surface area contributed by atoms with Crippen molar-refractivity contribution in [3.63, 3.8) is 0 Å². The van der Waals surface area contributed by atoms with Crippen LogP contribution in [0.3, 0.4) is 0 Å². The van der Waals surface area contributed by atoms with Gasteiger partial charge in [0, 0.05) is 18.1 Å². The molecule has 4 aromatic heterocycles. The molecule has 1 fully saturated rings. The van der Waals surface area contributed by atoms with Gasteiger partial charge in [0.1, 0.15) is 17.7 Å². The van der Waals surface area contributed by atoms with Crippen LogP contribution in [0.25, 0.3) is 27.1 Å². The molecule has 42 heavy (non-hydrogen) atoms. The average Bonchev–Trinajstić information content (AvgIpc) is 3.43. The van der Waals surface area contributed by atoms with E-state index in [4.69, 9.17) is 0 Å². The zero-order valence-electron chi connectivity index (χ0n) is 21.7. The van der Waals surface area contributed by atoms with Crippen molar-refractivity contribution in [2.45, 2.75) is 49.3 Å². The molecule has 1 saturated carbocycles. The zero-order valence-corrected chi connectivity index (χ0v) is 23.3. The van der Waals surface area contributed by atoms with E-state index < -0.39 is 27.0 Å². The molecular weight excluding hydrogens is 588 g/mol. The molecule has 1 aromatic carbocycles. The molecule has 5 aromatic rings. The third kappa shape index (κ3) is 4.36. The first-order chi connectivity index (χ1) is 20.2. The summed E-state index contributed by atoms with van der Waals surface area (Å²) in [6, 6.07) is 8.44. The number of aliphatic hydroxyl groups is 1. The first-order valence-corrected chi connectivity index (χ1v) is 15.2. The fourth-order valence-corrected chi connectivity index (χ4v) is 7.32. The molecule has 0 amide bonds. The van der Waals surface area contributed by atoms with Crippen LogP contribution in [0.5, 0.6) is 0 Å². The van der Waals surface area contributed by atoms with Crippen LogP contribution in [0.15, 0.2) is 41.7 Å². The highest BCUT2D eigenvalue weighted by atomic mass is 32.2. The second-order valence-corrected chi connectivity index (χ2v) is 12.9. The van der Waals surface area contributed by atoms with Gasteiger partial charge in [0.25, 0.3) is 6.43 Å². The van der Waals surface area contributed by atoms with Crippen LogP contribution in [0, 0.1) is 11.3 Å². The van der Waals surface area contributed by atoms with E-state index in [-0.39, 0.29) is 16.6 Å². The lowest BCUT2D eigenvalue weighted by molar-refractivity contribution is 0.150. The molecular formula is C26H21F2N9O3S2. The smallest absolute Gasteiger partial charge is 0.291 e. The van der Waals surface area contributed by atoms with Crippen molar-refractivity contribution in [3.8, 4) is 11.2 Å². The van der Waals surface area contributed by atoms with Crippen LogP contribution in [0.2, 0.25) is 0 Å². The molecule has 0 saturated heterocycles. The molecule has 0 bridgehead atoms. The van der Waals surface area contributed by atoms with Gasteiger partial charge in [-0.1, -0.05) is 23.5 Å². The minimum Gasteiger partial charge on any atom is -0.392 e. The number of sulfonamides is 1. The number of nitrogens with zero attached hydrogens (tertiary/aromatic N) is 8. The highest BCUT2D eigenvalue weighted by Crippen LogP contribution is 2.40. The summed E-state index contributed by atoms with van der Waals surface area (Å²) in [5.41, 5.74) is 2.19. The van der Waals surface area contributed by atoms with Crippen LogP contribution in [0.1, 0.15) is 41.1 Å². The third-order valence-corrected chi connectivity index (χ3v) is 9.95. The molecule has 1 aliphatic carbocycles. The number of halogens is 2. The maximum absolute atomic E-state index is 13.5. The van der Waals surface area contributed by atoms with E-state index in [1.54, 1.807) is 12.3 Å². The summed E-state index contributed by atoms with van der Waals surface area (Å²) in [6.07, 6.45) is 1.66. The number of nitriles is 1. The summed E-state index contributed by atoms with van der Waals surface area (Å²) in [4.78, 5) is 15.5. The molecule has 7 rings (SSSR count). The molecule has 0 unspecified atom stereocenters. The second kappa shape index (κ2) is 9.70. The van der Waals surface area contributed by atoms with E-state index in [1.807, 2.05) is 17.0 Å². The van der Waals surface area contributed by atoms with Gasteiger partial charge in [-0.15, -0.1) is 10.2 Å². The van der Waals surface area contributed by atoms with Crippen LogP contribution in [-0.2, 0) is 29.6 Å². The number of nitrogens with one attached hydrogen (secondary N) is 1. The largest absolute Gasteiger partial charge is 0.392 e. The molecule has 2 N–H and O–H groups in total. The molecule has 0 atom stereocenters. The van der Waals surface area contributed by atoms with Crippen molar-refractivity contribution in [1.29, 1.82) is 5.26 Å². The Morgan fingerprint density at radius 1 is 1.19 bits per heavy atom. The lowest BCUT2D eigenvalue weighted by Gasteiger charge is -2.29. The Morgan fingerprint density at radius 2 is 2.02 bits per heavy atom. The molecule has 16 heteroatoms. The molecule has 0 spiro atoms. The van der Waals surface area contributed by atoms with Gasteiger partial charge in [0.2, 0.25) is 15.2 Å². The van der Waals surface area contributed by atoms with Crippen LogP contribution in [0.4, 0.5) is 14.6 Å². The Bertz CT molecular complexity index is 2030. The summed E-state index contributed by atoms with van der Waals surface area (Å²) in [6.45, 7) is 0.920. The van der Waals surface area contributed by atoms with E-state index in [1.165, 1.54) is 23.0 Å². The van der Waals surface area contributed by atoms with E-state index in [2.05, 4.69) is 29.9 Å². The van der Waals surface area contributed by atoms with Gasteiger partial charge in [-0.2, -0.15) is 9.98 Å². The first kappa shape index (κ1) is 26.7. The van der Waals surface area contributed by atoms with Gasteiger partial charge < -0.3 is 10.0 Å². The Labute approximate surface area is 241 Å². The van der Waals surface area contributed by atoms with Crippen molar-refractivity contribution in [3.05, 3.63) is 58.6 Å².